The number of aromatic carboxylic acids is 1. The van der Waals surface area contributed by atoms with Crippen LogP contribution >= 0.6 is 11.8 Å². The molecule has 20 heavy (non-hydrogen) atoms. The highest BCUT2D eigenvalue weighted by atomic mass is 32.2. The number of furan rings is 1. The van der Waals surface area contributed by atoms with Crippen LogP contribution in [-0.4, -0.2) is 20.6 Å². The monoisotopic (exact) mass is 294 g/mol. The van der Waals surface area contributed by atoms with E-state index in [4.69, 9.17) is 9.52 Å². The molecule has 2 aromatic heterocycles. The molecule has 0 aliphatic carbocycles. The molecule has 0 aliphatic heterocycles. The second-order valence-corrected chi connectivity index (χ2v) is 5.60. The van der Waals surface area contributed by atoms with Crippen LogP contribution in [0.25, 0.3) is 0 Å². The first-order valence-corrected chi connectivity index (χ1v) is 6.85. The Hall–Kier alpha value is -2.02. The minimum Gasteiger partial charge on any atom is -0.475 e. The zero-order valence-corrected chi connectivity index (χ0v) is 11.9. The summed E-state index contributed by atoms with van der Waals surface area (Å²) in [6, 6.07) is 2.86. The lowest BCUT2D eigenvalue weighted by atomic mass is 10.2. The van der Waals surface area contributed by atoms with Gasteiger partial charge in [-0.15, -0.1) is 0 Å². The Morgan fingerprint density at radius 2 is 2.25 bits per heavy atom. The Kier molecular flexibility index (Phi) is 4.29. The zero-order chi connectivity index (χ0) is 14.7. The van der Waals surface area contributed by atoms with Crippen molar-refractivity contribution in [1.82, 2.24) is 9.55 Å². The Labute approximate surface area is 119 Å². The van der Waals surface area contributed by atoms with Gasteiger partial charge >= 0.3 is 5.97 Å². The maximum Gasteiger partial charge on any atom is 0.371 e. The van der Waals surface area contributed by atoms with E-state index in [9.17, 15) is 9.59 Å². The van der Waals surface area contributed by atoms with Crippen LogP contribution in [0.1, 0.15) is 24.4 Å². The van der Waals surface area contributed by atoms with Gasteiger partial charge in [-0.05, 0) is 29.8 Å². The SMILES string of the molecule is CC(C)Cn1ccnc(Sc2ccc(C(=O)O)o2)c1=O. The third-order valence-electron chi connectivity index (χ3n) is 2.43. The summed E-state index contributed by atoms with van der Waals surface area (Å²) in [4.78, 5) is 26.9. The van der Waals surface area contributed by atoms with Crippen LogP contribution in [-0.2, 0) is 6.54 Å². The van der Waals surface area contributed by atoms with Crippen LogP contribution in [0.3, 0.4) is 0 Å². The van der Waals surface area contributed by atoms with Crippen molar-refractivity contribution in [3.05, 3.63) is 40.6 Å². The summed E-state index contributed by atoms with van der Waals surface area (Å²) in [5, 5.41) is 9.37. The van der Waals surface area contributed by atoms with Crippen LogP contribution in [0.5, 0.6) is 0 Å². The molecule has 0 amide bonds. The Balaban J connectivity index is 2.24. The van der Waals surface area contributed by atoms with Gasteiger partial charge in [-0.25, -0.2) is 9.78 Å². The number of carbonyl (C=O) groups is 1. The molecule has 106 valence electrons. The van der Waals surface area contributed by atoms with Crippen molar-refractivity contribution in [2.24, 2.45) is 5.92 Å². The van der Waals surface area contributed by atoms with Gasteiger partial charge in [0.25, 0.3) is 5.56 Å². The number of rotatable bonds is 5. The Morgan fingerprint density at radius 3 is 2.85 bits per heavy atom. The molecule has 0 atom stereocenters. The fourth-order valence-corrected chi connectivity index (χ4v) is 2.40. The molecule has 7 heteroatoms. The highest BCUT2D eigenvalue weighted by Crippen LogP contribution is 2.25. The number of hydrogen-bond acceptors (Lipinski definition) is 5. The summed E-state index contributed by atoms with van der Waals surface area (Å²) in [6.45, 7) is 4.64. The quantitative estimate of drug-likeness (QED) is 0.911. The fourth-order valence-electron chi connectivity index (χ4n) is 1.62. The van der Waals surface area contributed by atoms with Gasteiger partial charge in [0, 0.05) is 18.9 Å². The molecule has 0 unspecified atom stereocenters. The number of hydrogen-bond donors (Lipinski definition) is 1. The molecule has 0 radical (unpaired) electrons. The summed E-state index contributed by atoms with van der Waals surface area (Å²) in [5.41, 5.74) is -0.209. The first kappa shape index (κ1) is 14.4. The molecule has 0 aliphatic rings. The van der Waals surface area contributed by atoms with Crippen LogP contribution in [0, 0.1) is 5.92 Å². The normalized spacial score (nSPS) is 10.9. The number of carboxylic acids is 1. The van der Waals surface area contributed by atoms with Gasteiger partial charge in [-0.1, -0.05) is 13.8 Å². The van der Waals surface area contributed by atoms with Gasteiger partial charge in [-0.3, -0.25) is 4.79 Å². The summed E-state index contributed by atoms with van der Waals surface area (Å²) >= 11 is 1.02. The third-order valence-corrected chi connectivity index (χ3v) is 3.33. The van der Waals surface area contributed by atoms with Gasteiger partial charge in [0.05, 0.1) is 0 Å². The van der Waals surface area contributed by atoms with Crippen LogP contribution in [0.4, 0.5) is 0 Å². The van der Waals surface area contributed by atoms with Crippen molar-refractivity contribution in [3.8, 4) is 0 Å². The van der Waals surface area contributed by atoms with Crippen LogP contribution in [0.15, 0.2) is 43.9 Å². The minimum atomic E-state index is -1.14. The van der Waals surface area contributed by atoms with Crippen molar-refractivity contribution >= 4 is 17.7 Å². The molecule has 0 fully saturated rings. The molecule has 6 nitrogen and oxygen atoms in total. The maximum atomic E-state index is 12.2. The molecule has 0 saturated heterocycles. The predicted molar refractivity (Wildman–Crippen MR) is 73.1 cm³/mol. The van der Waals surface area contributed by atoms with E-state index in [2.05, 4.69) is 4.98 Å². The summed E-state index contributed by atoms with van der Waals surface area (Å²) < 4.78 is 6.68. The number of carboxylic acid groups (broad SMARTS) is 1. The molecule has 0 saturated carbocycles. The molecular formula is C13H14N2O4S. The molecule has 2 rings (SSSR count). The Morgan fingerprint density at radius 1 is 1.50 bits per heavy atom. The van der Waals surface area contributed by atoms with Gasteiger partial charge in [-0.2, -0.15) is 0 Å². The molecule has 1 N–H and O–H groups in total. The molecule has 0 spiro atoms. The maximum absolute atomic E-state index is 12.2. The first-order chi connectivity index (χ1) is 9.47. The summed E-state index contributed by atoms with van der Waals surface area (Å²) in [7, 11) is 0. The smallest absolute Gasteiger partial charge is 0.371 e. The Bertz CT molecular complexity index is 675. The predicted octanol–water partition coefficient (Wildman–Crippen LogP) is 2.34. The van der Waals surface area contributed by atoms with E-state index in [-0.39, 0.29) is 16.3 Å². The van der Waals surface area contributed by atoms with Crippen LogP contribution in [0.2, 0.25) is 0 Å². The third kappa shape index (κ3) is 3.30. The summed E-state index contributed by atoms with van der Waals surface area (Å²) in [5.74, 6) is -0.962. The van der Waals surface area contributed by atoms with Gasteiger partial charge < -0.3 is 14.1 Å². The van der Waals surface area contributed by atoms with Gasteiger partial charge in [0.15, 0.2) is 10.1 Å². The molecule has 0 bridgehead atoms. The van der Waals surface area contributed by atoms with Crippen molar-refractivity contribution in [3.63, 3.8) is 0 Å². The topological polar surface area (TPSA) is 85.3 Å². The average molecular weight is 294 g/mol. The minimum absolute atomic E-state index is 0.161. The van der Waals surface area contributed by atoms with E-state index in [1.165, 1.54) is 12.1 Å². The highest BCUT2D eigenvalue weighted by Gasteiger charge is 2.13. The van der Waals surface area contributed by atoms with Crippen molar-refractivity contribution in [1.29, 1.82) is 0 Å². The molecule has 0 aromatic carbocycles. The van der Waals surface area contributed by atoms with E-state index >= 15 is 0 Å². The zero-order valence-electron chi connectivity index (χ0n) is 11.1. The number of nitrogens with zero attached hydrogens (tertiary/aromatic N) is 2. The highest BCUT2D eigenvalue weighted by molar-refractivity contribution is 7.99. The lowest BCUT2D eigenvalue weighted by molar-refractivity contribution is 0.0656. The van der Waals surface area contributed by atoms with E-state index in [1.807, 2.05) is 13.8 Å². The van der Waals surface area contributed by atoms with Crippen LogP contribution < -0.4 is 5.56 Å². The van der Waals surface area contributed by atoms with E-state index in [1.54, 1.807) is 17.0 Å². The lowest BCUT2D eigenvalue weighted by Gasteiger charge is -2.08. The van der Waals surface area contributed by atoms with Gasteiger partial charge in [0.2, 0.25) is 5.76 Å². The van der Waals surface area contributed by atoms with E-state index in [0.29, 0.717) is 17.6 Å². The molecular weight excluding hydrogens is 280 g/mol. The fraction of sp³-hybridized carbons (Fsp3) is 0.308. The van der Waals surface area contributed by atoms with Crippen molar-refractivity contribution < 1.29 is 14.3 Å². The van der Waals surface area contributed by atoms with E-state index < -0.39 is 5.97 Å². The summed E-state index contributed by atoms with van der Waals surface area (Å²) in [6.07, 6.45) is 3.18. The molecule has 2 aromatic rings. The first-order valence-electron chi connectivity index (χ1n) is 6.04. The van der Waals surface area contributed by atoms with Gasteiger partial charge in [0.1, 0.15) is 0 Å². The standard InChI is InChI=1S/C13H14N2O4S/c1-8(2)7-15-6-5-14-11(12(15)16)20-10-4-3-9(19-10)13(17)18/h3-6,8H,7H2,1-2H3,(H,17,18). The number of aromatic nitrogens is 2. The lowest BCUT2D eigenvalue weighted by Crippen LogP contribution is -2.23. The average Bonchev–Trinajstić information content (AvgIpc) is 2.82. The second kappa shape index (κ2) is 5.96. The molecule has 2 heterocycles. The van der Waals surface area contributed by atoms with Crippen molar-refractivity contribution in [2.75, 3.05) is 0 Å². The second-order valence-electron chi connectivity index (χ2n) is 4.61. The largest absolute Gasteiger partial charge is 0.475 e. The van der Waals surface area contributed by atoms with E-state index in [0.717, 1.165) is 11.8 Å². The van der Waals surface area contributed by atoms with Crippen molar-refractivity contribution in [2.45, 2.75) is 30.5 Å².